The van der Waals surface area contributed by atoms with Crippen LogP contribution in [0.15, 0.2) is 35.5 Å². The van der Waals surface area contributed by atoms with E-state index in [0.29, 0.717) is 20.0 Å². The predicted octanol–water partition coefficient (Wildman–Crippen LogP) is 2.11. The number of nitrogen functional groups attached to an aromatic ring is 1. The zero-order chi connectivity index (χ0) is 15.4. The maximum Gasteiger partial charge on any atom is 0.266 e. The van der Waals surface area contributed by atoms with Crippen molar-refractivity contribution >= 4 is 51.5 Å². The van der Waals surface area contributed by atoms with Crippen molar-refractivity contribution in [2.45, 2.75) is 13.0 Å². The van der Waals surface area contributed by atoms with E-state index in [1.165, 1.54) is 17.1 Å². The summed E-state index contributed by atoms with van der Waals surface area (Å²) in [5, 5.41) is 3.18. The van der Waals surface area contributed by atoms with Crippen LogP contribution < -0.4 is 16.6 Å². The normalized spacial score (nSPS) is 10.4. The van der Waals surface area contributed by atoms with Crippen LogP contribution in [0.25, 0.3) is 0 Å². The van der Waals surface area contributed by atoms with Crippen LogP contribution in [0, 0.1) is 3.57 Å². The van der Waals surface area contributed by atoms with E-state index in [9.17, 15) is 9.59 Å². The number of hydrogen-bond donors (Lipinski definition) is 2. The third kappa shape index (κ3) is 4.18. The van der Waals surface area contributed by atoms with Gasteiger partial charge in [-0.2, -0.15) is 0 Å². The van der Waals surface area contributed by atoms with Gasteiger partial charge in [-0.3, -0.25) is 14.2 Å². The average molecular weight is 419 g/mol. The predicted molar refractivity (Wildman–Crippen MR) is 90.3 cm³/mol. The van der Waals surface area contributed by atoms with E-state index >= 15 is 0 Å². The number of halogens is 2. The number of benzene rings is 1. The first-order valence-corrected chi connectivity index (χ1v) is 7.48. The Labute approximate surface area is 139 Å². The first-order chi connectivity index (χ1) is 9.97. The minimum absolute atomic E-state index is 0.143. The van der Waals surface area contributed by atoms with Gasteiger partial charge in [0.2, 0.25) is 5.91 Å². The highest BCUT2D eigenvalue weighted by atomic mass is 127. The van der Waals surface area contributed by atoms with Crippen LogP contribution in [-0.2, 0) is 11.3 Å². The fourth-order valence-electron chi connectivity index (χ4n) is 1.67. The molecular weight excluding hydrogens is 407 g/mol. The molecule has 0 spiro atoms. The standard InChI is InChI=1S/C13H12ClIN4O2/c14-8-1-2-11(10(16)5-8)18-12(20)3-4-19-7-17-6-9(15)13(19)21/h1-2,5-7H,3-4,16H2,(H,18,20). The summed E-state index contributed by atoms with van der Waals surface area (Å²) < 4.78 is 1.91. The molecule has 1 heterocycles. The highest BCUT2D eigenvalue weighted by Gasteiger charge is 2.07. The van der Waals surface area contributed by atoms with Crippen molar-refractivity contribution in [1.82, 2.24) is 9.55 Å². The fraction of sp³-hybridized carbons (Fsp3) is 0.154. The maximum atomic E-state index is 11.9. The lowest BCUT2D eigenvalue weighted by Crippen LogP contribution is -2.25. The van der Waals surface area contributed by atoms with Crippen LogP contribution in [0.1, 0.15) is 6.42 Å². The molecule has 1 aromatic heterocycles. The molecule has 2 rings (SSSR count). The van der Waals surface area contributed by atoms with Gasteiger partial charge in [-0.25, -0.2) is 4.98 Å². The Morgan fingerprint density at radius 1 is 1.48 bits per heavy atom. The number of nitrogens with one attached hydrogen (secondary N) is 1. The Hall–Kier alpha value is -1.61. The number of carbonyl (C=O) groups is 1. The van der Waals surface area contributed by atoms with Gasteiger partial charge >= 0.3 is 0 Å². The van der Waals surface area contributed by atoms with Crippen LogP contribution in [0.5, 0.6) is 0 Å². The van der Waals surface area contributed by atoms with Gasteiger partial charge < -0.3 is 11.1 Å². The second kappa shape index (κ2) is 6.90. The summed E-state index contributed by atoms with van der Waals surface area (Å²) in [6, 6.07) is 4.83. The molecule has 1 aromatic carbocycles. The number of amides is 1. The second-order valence-corrected chi connectivity index (χ2v) is 5.87. The quantitative estimate of drug-likeness (QED) is 0.588. The number of aromatic nitrogens is 2. The van der Waals surface area contributed by atoms with Gasteiger partial charge in [-0.15, -0.1) is 0 Å². The average Bonchev–Trinajstić information content (AvgIpc) is 2.43. The molecule has 1 amide bonds. The van der Waals surface area contributed by atoms with Crippen LogP contribution in [0.4, 0.5) is 11.4 Å². The summed E-state index contributed by atoms with van der Waals surface area (Å²) in [7, 11) is 0. The van der Waals surface area contributed by atoms with Crippen molar-refractivity contribution < 1.29 is 4.79 Å². The van der Waals surface area contributed by atoms with Crippen molar-refractivity contribution in [3.63, 3.8) is 0 Å². The molecule has 0 aliphatic rings. The molecule has 0 atom stereocenters. The molecule has 3 N–H and O–H groups in total. The molecule has 6 nitrogen and oxygen atoms in total. The Morgan fingerprint density at radius 2 is 2.24 bits per heavy atom. The fourth-order valence-corrected chi connectivity index (χ4v) is 2.32. The molecule has 0 radical (unpaired) electrons. The third-order valence-electron chi connectivity index (χ3n) is 2.73. The molecule has 110 valence electrons. The number of hydrogen-bond acceptors (Lipinski definition) is 4. The van der Waals surface area contributed by atoms with Gasteiger partial charge in [0.15, 0.2) is 0 Å². The van der Waals surface area contributed by atoms with E-state index in [4.69, 9.17) is 17.3 Å². The molecule has 0 bridgehead atoms. The Kier molecular flexibility index (Phi) is 5.18. The van der Waals surface area contributed by atoms with Crippen LogP contribution in [0.2, 0.25) is 5.02 Å². The summed E-state index contributed by atoms with van der Waals surface area (Å²) in [6.45, 7) is 0.252. The SMILES string of the molecule is Nc1cc(Cl)ccc1NC(=O)CCn1cncc(I)c1=O. The van der Waals surface area contributed by atoms with E-state index in [0.717, 1.165) is 0 Å². The molecular formula is C13H12ClIN4O2. The number of anilines is 2. The molecule has 0 saturated carbocycles. The van der Waals surface area contributed by atoms with E-state index < -0.39 is 0 Å². The first-order valence-electron chi connectivity index (χ1n) is 6.02. The number of rotatable bonds is 4. The minimum Gasteiger partial charge on any atom is -0.397 e. The Morgan fingerprint density at radius 3 is 2.95 bits per heavy atom. The topological polar surface area (TPSA) is 90.0 Å². The highest BCUT2D eigenvalue weighted by molar-refractivity contribution is 14.1. The van der Waals surface area contributed by atoms with Crippen molar-refractivity contribution in [1.29, 1.82) is 0 Å². The maximum absolute atomic E-state index is 11.9. The molecule has 2 aromatic rings. The van der Waals surface area contributed by atoms with E-state index in [1.807, 2.05) is 22.6 Å². The van der Waals surface area contributed by atoms with Gasteiger partial charge in [0, 0.05) is 24.2 Å². The van der Waals surface area contributed by atoms with E-state index in [1.54, 1.807) is 18.2 Å². The number of aryl methyl sites for hydroxylation is 1. The number of nitrogens with two attached hydrogens (primary N) is 1. The molecule has 0 aliphatic heterocycles. The molecule has 0 fully saturated rings. The van der Waals surface area contributed by atoms with Gasteiger partial charge in [-0.1, -0.05) is 11.6 Å². The number of carbonyl (C=O) groups excluding carboxylic acids is 1. The van der Waals surface area contributed by atoms with Crippen LogP contribution in [-0.4, -0.2) is 15.5 Å². The second-order valence-electron chi connectivity index (χ2n) is 4.27. The molecule has 0 unspecified atom stereocenters. The molecule has 21 heavy (non-hydrogen) atoms. The Balaban J connectivity index is 1.99. The van der Waals surface area contributed by atoms with E-state index in [-0.39, 0.29) is 24.4 Å². The summed E-state index contributed by atoms with van der Waals surface area (Å²) in [5.74, 6) is -0.241. The van der Waals surface area contributed by atoms with E-state index in [2.05, 4.69) is 10.3 Å². The first kappa shape index (κ1) is 15.8. The minimum atomic E-state index is -0.241. The van der Waals surface area contributed by atoms with Crippen molar-refractivity contribution in [2.75, 3.05) is 11.1 Å². The number of nitrogens with zero attached hydrogens (tertiary/aromatic N) is 2. The Bertz CT molecular complexity index is 732. The van der Waals surface area contributed by atoms with Gasteiger partial charge in [0.1, 0.15) is 0 Å². The summed E-state index contributed by atoms with van der Waals surface area (Å²) in [5.41, 5.74) is 6.48. The van der Waals surface area contributed by atoms with Gasteiger partial charge in [0.25, 0.3) is 5.56 Å². The highest BCUT2D eigenvalue weighted by Crippen LogP contribution is 2.22. The smallest absolute Gasteiger partial charge is 0.266 e. The lowest BCUT2D eigenvalue weighted by atomic mass is 10.2. The van der Waals surface area contributed by atoms with Crippen LogP contribution in [0.3, 0.4) is 0 Å². The summed E-state index contributed by atoms with van der Waals surface area (Å²) in [6.07, 6.45) is 3.03. The lowest BCUT2D eigenvalue weighted by molar-refractivity contribution is -0.116. The van der Waals surface area contributed by atoms with Crippen molar-refractivity contribution in [2.24, 2.45) is 0 Å². The molecule has 0 aliphatic carbocycles. The van der Waals surface area contributed by atoms with Crippen LogP contribution >= 0.6 is 34.2 Å². The zero-order valence-corrected chi connectivity index (χ0v) is 13.8. The molecule has 0 saturated heterocycles. The van der Waals surface area contributed by atoms with Crippen molar-refractivity contribution in [3.05, 3.63) is 49.7 Å². The summed E-state index contributed by atoms with van der Waals surface area (Å²) >= 11 is 7.70. The largest absolute Gasteiger partial charge is 0.397 e. The monoisotopic (exact) mass is 418 g/mol. The van der Waals surface area contributed by atoms with Crippen molar-refractivity contribution in [3.8, 4) is 0 Å². The zero-order valence-electron chi connectivity index (χ0n) is 10.8. The molecule has 8 heteroatoms. The summed E-state index contributed by atoms with van der Waals surface area (Å²) in [4.78, 5) is 27.6. The lowest BCUT2D eigenvalue weighted by Gasteiger charge is -2.09. The van der Waals surface area contributed by atoms with Gasteiger partial charge in [0.05, 0.1) is 21.3 Å². The van der Waals surface area contributed by atoms with Gasteiger partial charge in [-0.05, 0) is 40.8 Å². The third-order valence-corrected chi connectivity index (χ3v) is 3.70.